The summed E-state index contributed by atoms with van der Waals surface area (Å²) < 4.78 is 13.0. The number of thioether (sulfide) groups is 1. The summed E-state index contributed by atoms with van der Waals surface area (Å²) in [7, 11) is 0. The van der Waals surface area contributed by atoms with Crippen LogP contribution < -0.4 is 10.2 Å². The number of nitrogens with zero attached hydrogens (tertiary/aromatic N) is 2. The van der Waals surface area contributed by atoms with E-state index in [1.54, 1.807) is 11.8 Å². The summed E-state index contributed by atoms with van der Waals surface area (Å²) >= 11 is 1.71. The first kappa shape index (κ1) is 19.7. The molecule has 144 valence electrons. The molecule has 1 amide bonds. The summed E-state index contributed by atoms with van der Waals surface area (Å²) in [5.41, 5.74) is 1.07. The van der Waals surface area contributed by atoms with Crippen molar-refractivity contribution in [3.63, 3.8) is 0 Å². The summed E-state index contributed by atoms with van der Waals surface area (Å²) in [6.45, 7) is 5.31. The molecule has 0 atom stereocenters. The van der Waals surface area contributed by atoms with Crippen LogP contribution in [0.1, 0.15) is 6.42 Å². The molecule has 27 heavy (non-hydrogen) atoms. The van der Waals surface area contributed by atoms with E-state index in [-0.39, 0.29) is 11.7 Å². The van der Waals surface area contributed by atoms with Crippen molar-refractivity contribution in [2.24, 2.45) is 0 Å². The Labute approximate surface area is 164 Å². The summed E-state index contributed by atoms with van der Waals surface area (Å²) in [5, 5.41) is 3.02. The van der Waals surface area contributed by atoms with Crippen LogP contribution in [-0.4, -0.2) is 55.8 Å². The number of anilines is 1. The quantitative estimate of drug-likeness (QED) is 0.706. The van der Waals surface area contributed by atoms with Crippen LogP contribution >= 0.6 is 11.8 Å². The van der Waals surface area contributed by atoms with Gasteiger partial charge in [0.2, 0.25) is 5.91 Å². The minimum atomic E-state index is -0.199. The molecule has 2 aromatic rings. The predicted octanol–water partition coefficient (Wildman–Crippen LogP) is 3.25. The van der Waals surface area contributed by atoms with E-state index in [0.717, 1.165) is 44.2 Å². The number of carbonyl (C=O) groups is 1. The van der Waals surface area contributed by atoms with Gasteiger partial charge in [-0.25, -0.2) is 4.39 Å². The Balaban J connectivity index is 1.27. The lowest BCUT2D eigenvalue weighted by Crippen LogP contribution is -2.48. The average Bonchev–Trinajstić information content (AvgIpc) is 2.70. The highest BCUT2D eigenvalue weighted by atomic mass is 32.2. The molecule has 1 heterocycles. The van der Waals surface area contributed by atoms with Crippen molar-refractivity contribution >= 4 is 23.4 Å². The van der Waals surface area contributed by atoms with Crippen molar-refractivity contribution in [3.05, 3.63) is 60.4 Å². The highest BCUT2D eigenvalue weighted by Gasteiger charge is 2.17. The number of carbonyl (C=O) groups excluding carboxylic acids is 1. The minimum Gasteiger partial charge on any atom is -0.369 e. The van der Waals surface area contributed by atoms with Crippen LogP contribution in [0.25, 0.3) is 0 Å². The molecule has 1 aliphatic heterocycles. The number of rotatable bonds is 8. The fourth-order valence-electron chi connectivity index (χ4n) is 3.10. The standard InChI is InChI=1S/C21H26FN3OS/c22-18-6-8-19(9-7-18)25-15-13-24(14-16-25)12-11-23-21(26)10-17-27-20-4-2-1-3-5-20/h1-9H,10-17H2,(H,23,26). The Morgan fingerprint density at radius 3 is 2.41 bits per heavy atom. The molecule has 0 bridgehead atoms. The molecule has 4 nitrogen and oxygen atoms in total. The number of hydrogen-bond acceptors (Lipinski definition) is 4. The smallest absolute Gasteiger partial charge is 0.220 e. The van der Waals surface area contributed by atoms with E-state index in [9.17, 15) is 9.18 Å². The van der Waals surface area contributed by atoms with E-state index in [2.05, 4.69) is 27.2 Å². The van der Waals surface area contributed by atoms with Gasteiger partial charge >= 0.3 is 0 Å². The molecule has 2 aromatic carbocycles. The second kappa shape index (κ2) is 10.3. The lowest BCUT2D eigenvalue weighted by atomic mass is 10.2. The maximum absolute atomic E-state index is 13.0. The van der Waals surface area contributed by atoms with Crippen LogP contribution in [0.3, 0.4) is 0 Å². The van der Waals surface area contributed by atoms with Crippen molar-refractivity contribution < 1.29 is 9.18 Å². The third kappa shape index (κ3) is 6.56. The molecule has 0 aliphatic carbocycles. The molecule has 0 spiro atoms. The normalized spacial score (nSPS) is 14.9. The zero-order valence-corrected chi connectivity index (χ0v) is 16.3. The van der Waals surface area contributed by atoms with E-state index in [1.165, 1.54) is 17.0 Å². The Bertz CT molecular complexity index is 703. The molecule has 1 saturated heterocycles. The topological polar surface area (TPSA) is 35.6 Å². The van der Waals surface area contributed by atoms with Crippen molar-refractivity contribution in [3.8, 4) is 0 Å². The molecule has 0 aromatic heterocycles. The zero-order chi connectivity index (χ0) is 18.9. The largest absolute Gasteiger partial charge is 0.369 e. The van der Waals surface area contributed by atoms with Gasteiger partial charge in [0.15, 0.2) is 0 Å². The highest BCUT2D eigenvalue weighted by molar-refractivity contribution is 7.99. The van der Waals surface area contributed by atoms with Gasteiger partial charge in [0.1, 0.15) is 5.82 Å². The minimum absolute atomic E-state index is 0.114. The Hall–Kier alpha value is -2.05. The molecule has 1 fully saturated rings. The van der Waals surface area contributed by atoms with Crippen LogP contribution in [0.4, 0.5) is 10.1 Å². The number of nitrogens with one attached hydrogen (secondary N) is 1. The van der Waals surface area contributed by atoms with Crippen LogP contribution in [-0.2, 0) is 4.79 Å². The monoisotopic (exact) mass is 387 g/mol. The lowest BCUT2D eigenvalue weighted by molar-refractivity contribution is -0.120. The van der Waals surface area contributed by atoms with Gasteiger partial charge in [-0.3, -0.25) is 9.69 Å². The predicted molar refractivity (Wildman–Crippen MR) is 110 cm³/mol. The van der Waals surface area contributed by atoms with Crippen LogP contribution in [0.15, 0.2) is 59.5 Å². The van der Waals surface area contributed by atoms with Crippen molar-refractivity contribution in [1.29, 1.82) is 0 Å². The van der Waals surface area contributed by atoms with E-state index < -0.39 is 0 Å². The molecule has 6 heteroatoms. The molecule has 0 radical (unpaired) electrons. The SMILES string of the molecule is O=C(CCSc1ccccc1)NCCN1CCN(c2ccc(F)cc2)CC1. The van der Waals surface area contributed by atoms with Crippen molar-refractivity contribution in [2.75, 3.05) is 49.9 Å². The third-order valence-electron chi connectivity index (χ3n) is 4.66. The first-order valence-electron chi connectivity index (χ1n) is 9.38. The molecule has 1 N–H and O–H groups in total. The first-order valence-corrected chi connectivity index (χ1v) is 10.4. The maximum atomic E-state index is 13.0. The number of piperazine rings is 1. The number of amides is 1. The van der Waals surface area contributed by atoms with E-state index in [0.29, 0.717) is 13.0 Å². The van der Waals surface area contributed by atoms with Gasteiger partial charge in [-0.15, -0.1) is 11.8 Å². The summed E-state index contributed by atoms with van der Waals surface area (Å²) in [4.78, 5) is 17.8. The van der Waals surface area contributed by atoms with Crippen molar-refractivity contribution in [1.82, 2.24) is 10.2 Å². The Morgan fingerprint density at radius 2 is 1.70 bits per heavy atom. The molecular formula is C21H26FN3OS. The maximum Gasteiger partial charge on any atom is 0.220 e. The molecule has 1 aliphatic rings. The molecule has 3 rings (SSSR count). The fraction of sp³-hybridized carbons (Fsp3) is 0.381. The van der Waals surface area contributed by atoms with Gasteiger partial charge in [-0.2, -0.15) is 0 Å². The van der Waals surface area contributed by atoms with Gasteiger partial charge in [-0.1, -0.05) is 18.2 Å². The summed E-state index contributed by atoms with van der Waals surface area (Å²) in [5.74, 6) is 0.713. The molecule has 0 saturated carbocycles. The zero-order valence-electron chi connectivity index (χ0n) is 15.4. The van der Waals surface area contributed by atoms with Crippen LogP contribution in [0.2, 0.25) is 0 Å². The fourth-order valence-corrected chi connectivity index (χ4v) is 3.97. The second-order valence-corrected chi connectivity index (χ2v) is 7.73. The van der Waals surface area contributed by atoms with Gasteiger partial charge < -0.3 is 10.2 Å². The number of hydrogen-bond donors (Lipinski definition) is 1. The van der Waals surface area contributed by atoms with Gasteiger partial charge in [0.25, 0.3) is 0 Å². The van der Waals surface area contributed by atoms with Crippen LogP contribution in [0.5, 0.6) is 0 Å². The first-order chi connectivity index (χ1) is 13.2. The molecular weight excluding hydrogens is 361 g/mol. The number of benzene rings is 2. The third-order valence-corrected chi connectivity index (χ3v) is 5.67. The summed E-state index contributed by atoms with van der Waals surface area (Å²) in [6, 6.07) is 16.8. The lowest BCUT2D eigenvalue weighted by Gasteiger charge is -2.36. The van der Waals surface area contributed by atoms with E-state index in [1.807, 2.05) is 30.3 Å². The van der Waals surface area contributed by atoms with Crippen molar-refractivity contribution in [2.45, 2.75) is 11.3 Å². The van der Waals surface area contributed by atoms with Crippen LogP contribution in [0, 0.1) is 5.82 Å². The van der Waals surface area contributed by atoms with E-state index in [4.69, 9.17) is 0 Å². The molecule has 0 unspecified atom stereocenters. The van der Waals surface area contributed by atoms with Gasteiger partial charge in [0.05, 0.1) is 0 Å². The second-order valence-electron chi connectivity index (χ2n) is 6.57. The average molecular weight is 388 g/mol. The van der Waals surface area contributed by atoms with Gasteiger partial charge in [-0.05, 0) is 36.4 Å². The number of halogens is 1. The van der Waals surface area contributed by atoms with E-state index >= 15 is 0 Å². The Morgan fingerprint density at radius 1 is 1.00 bits per heavy atom. The summed E-state index contributed by atoms with van der Waals surface area (Å²) in [6.07, 6.45) is 0.540. The Kier molecular flexibility index (Phi) is 7.54. The highest BCUT2D eigenvalue weighted by Crippen LogP contribution is 2.18. The van der Waals surface area contributed by atoms with Gasteiger partial charge in [0, 0.05) is 62.0 Å².